The Morgan fingerprint density at radius 2 is 1.63 bits per heavy atom. The summed E-state index contributed by atoms with van der Waals surface area (Å²) in [6.07, 6.45) is 8.41. The van der Waals surface area contributed by atoms with Crippen LogP contribution in [0, 0.1) is 0 Å². The first-order valence-electron chi connectivity index (χ1n) is 14.9. The number of unbranched alkanes of at least 4 members (excludes halogenated alkanes) is 3. The largest absolute Gasteiger partial charge is 0.493 e. The molecule has 0 aliphatic carbocycles. The molecule has 228 valence electrons. The van der Waals surface area contributed by atoms with Crippen LogP contribution in [0.3, 0.4) is 0 Å². The van der Waals surface area contributed by atoms with E-state index in [0.717, 1.165) is 68.6 Å². The second kappa shape index (κ2) is 16.2. The van der Waals surface area contributed by atoms with Crippen LogP contribution in [0.2, 0.25) is 0 Å². The predicted molar refractivity (Wildman–Crippen MR) is 171 cm³/mol. The molecule has 0 radical (unpaired) electrons. The molecule has 1 aromatic heterocycles. The Bertz CT molecular complexity index is 1470. The molecule has 0 aliphatic rings. The van der Waals surface area contributed by atoms with E-state index in [1.54, 1.807) is 12.1 Å². The SMILES string of the molecule is C=CCc1ccccc1OCCCCn1c(CCCCCNC(=O)c2cc(OC)c(OC)c(OC)c2)nc2ccccc21. The van der Waals surface area contributed by atoms with Crippen LogP contribution in [0.1, 0.15) is 53.8 Å². The van der Waals surface area contributed by atoms with Crippen molar-refractivity contribution in [2.45, 2.75) is 51.5 Å². The molecule has 1 heterocycles. The van der Waals surface area contributed by atoms with Crippen LogP contribution in [-0.4, -0.2) is 49.9 Å². The molecule has 1 amide bonds. The second-order valence-electron chi connectivity index (χ2n) is 10.3. The van der Waals surface area contributed by atoms with Crippen LogP contribution in [0.4, 0.5) is 0 Å². The lowest BCUT2D eigenvalue weighted by Gasteiger charge is -2.14. The van der Waals surface area contributed by atoms with Crippen molar-refractivity contribution in [1.82, 2.24) is 14.9 Å². The molecule has 8 heteroatoms. The maximum Gasteiger partial charge on any atom is 0.251 e. The summed E-state index contributed by atoms with van der Waals surface area (Å²) in [5.41, 5.74) is 3.84. The zero-order chi connectivity index (χ0) is 30.4. The smallest absolute Gasteiger partial charge is 0.251 e. The third-order valence-electron chi connectivity index (χ3n) is 7.39. The molecule has 43 heavy (non-hydrogen) atoms. The highest BCUT2D eigenvalue weighted by molar-refractivity contribution is 5.95. The number of nitrogens with one attached hydrogen (secondary N) is 1. The molecule has 4 rings (SSSR count). The molecule has 0 saturated heterocycles. The average molecular weight is 586 g/mol. The molecular weight excluding hydrogens is 542 g/mol. The van der Waals surface area contributed by atoms with Crippen LogP contribution in [0.25, 0.3) is 11.0 Å². The number of para-hydroxylation sites is 3. The highest BCUT2D eigenvalue weighted by atomic mass is 16.5. The highest BCUT2D eigenvalue weighted by Gasteiger charge is 2.17. The lowest BCUT2D eigenvalue weighted by atomic mass is 10.1. The summed E-state index contributed by atoms with van der Waals surface area (Å²) in [5.74, 6) is 3.25. The quantitative estimate of drug-likeness (QED) is 0.102. The van der Waals surface area contributed by atoms with Crippen molar-refractivity contribution in [2.24, 2.45) is 0 Å². The van der Waals surface area contributed by atoms with E-state index in [1.807, 2.05) is 30.3 Å². The number of nitrogens with zero attached hydrogens (tertiary/aromatic N) is 2. The number of rotatable bonds is 18. The van der Waals surface area contributed by atoms with E-state index in [-0.39, 0.29) is 5.91 Å². The van der Waals surface area contributed by atoms with Crippen molar-refractivity contribution in [3.05, 3.63) is 90.3 Å². The summed E-state index contributed by atoms with van der Waals surface area (Å²) in [7, 11) is 4.61. The van der Waals surface area contributed by atoms with E-state index >= 15 is 0 Å². The number of methoxy groups -OCH3 is 3. The summed E-state index contributed by atoms with van der Waals surface area (Å²) in [5, 5.41) is 3.00. The zero-order valence-electron chi connectivity index (χ0n) is 25.6. The van der Waals surface area contributed by atoms with Gasteiger partial charge in [-0.2, -0.15) is 0 Å². The monoisotopic (exact) mass is 585 g/mol. The minimum absolute atomic E-state index is 0.172. The van der Waals surface area contributed by atoms with E-state index in [9.17, 15) is 4.79 Å². The van der Waals surface area contributed by atoms with E-state index in [0.29, 0.717) is 36.0 Å². The number of aromatic nitrogens is 2. The number of carbonyl (C=O) groups is 1. The Kier molecular flexibility index (Phi) is 11.9. The summed E-state index contributed by atoms with van der Waals surface area (Å²) in [6.45, 7) is 6.01. The van der Waals surface area contributed by atoms with Gasteiger partial charge in [-0.25, -0.2) is 4.98 Å². The van der Waals surface area contributed by atoms with Gasteiger partial charge in [0.2, 0.25) is 5.75 Å². The number of hydrogen-bond donors (Lipinski definition) is 1. The van der Waals surface area contributed by atoms with Gasteiger partial charge in [-0.05, 0) is 68.0 Å². The van der Waals surface area contributed by atoms with Gasteiger partial charge in [0, 0.05) is 25.1 Å². The number of benzene rings is 3. The van der Waals surface area contributed by atoms with E-state index < -0.39 is 0 Å². The zero-order valence-corrected chi connectivity index (χ0v) is 25.6. The molecule has 1 N–H and O–H groups in total. The van der Waals surface area contributed by atoms with Crippen molar-refractivity contribution >= 4 is 16.9 Å². The van der Waals surface area contributed by atoms with Gasteiger partial charge >= 0.3 is 0 Å². The Morgan fingerprint density at radius 3 is 2.37 bits per heavy atom. The number of imidazole rings is 1. The summed E-state index contributed by atoms with van der Waals surface area (Å²) >= 11 is 0. The summed E-state index contributed by atoms with van der Waals surface area (Å²) in [6, 6.07) is 19.8. The van der Waals surface area contributed by atoms with Crippen LogP contribution in [-0.2, 0) is 19.4 Å². The third kappa shape index (κ3) is 8.31. The lowest BCUT2D eigenvalue weighted by molar-refractivity contribution is 0.0952. The molecular formula is C35H43N3O5. The van der Waals surface area contributed by atoms with Gasteiger partial charge in [0.05, 0.1) is 39.0 Å². The number of fused-ring (bicyclic) bond motifs is 1. The molecule has 0 saturated carbocycles. The number of ether oxygens (including phenoxy) is 4. The number of amides is 1. The van der Waals surface area contributed by atoms with Crippen molar-refractivity contribution in [3.63, 3.8) is 0 Å². The Morgan fingerprint density at radius 1 is 0.884 bits per heavy atom. The molecule has 4 aromatic rings. The fourth-order valence-electron chi connectivity index (χ4n) is 5.19. The van der Waals surface area contributed by atoms with Gasteiger partial charge in [-0.1, -0.05) is 42.8 Å². The molecule has 0 unspecified atom stereocenters. The molecule has 0 aliphatic heterocycles. The van der Waals surface area contributed by atoms with Crippen molar-refractivity contribution in [2.75, 3.05) is 34.5 Å². The summed E-state index contributed by atoms with van der Waals surface area (Å²) in [4.78, 5) is 17.7. The second-order valence-corrected chi connectivity index (χ2v) is 10.3. The topological polar surface area (TPSA) is 83.8 Å². The predicted octanol–water partition coefficient (Wildman–Crippen LogP) is 6.79. The Labute approximate surface area is 254 Å². The van der Waals surface area contributed by atoms with Gasteiger partial charge in [-0.3, -0.25) is 4.79 Å². The molecule has 0 fully saturated rings. The average Bonchev–Trinajstić information content (AvgIpc) is 3.39. The Hall–Kier alpha value is -4.46. The third-order valence-corrected chi connectivity index (χ3v) is 7.39. The van der Waals surface area contributed by atoms with Crippen molar-refractivity contribution in [1.29, 1.82) is 0 Å². The molecule has 0 bridgehead atoms. The first-order valence-corrected chi connectivity index (χ1v) is 14.9. The van der Waals surface area contributed by atoms with E-state index in [1.165, 1.54) is 32.4 Å². The number of aryl methyl sites for hydroxylation is 2. The fourth-order valence-corrected chi connectivity index (χ4v) is 5.19. The van der Waals surface area contributed by atoms with Crippen molar-refractivity contribution < 1.29 is 23.7 Å². The molecule has 8 nitrogen and oxygen atoms in total. The van der Waals surface area contributed by atoms with Crippen LogP contribution < -0.4 is 24.3 Å². The van der Waals surface area contributed by atoms with Gasteiger partial charge in [-0.15, -0.1) is 6.58 Å². The Balaban J connectivity index is 1.24. The van der Waals surface area contributed by atoms with Gasteiger partial charge in [0.25, 0.3) is 5.91 Å². The lowest BCUT2D eigenvalue weighted by Crippen LogP contribution is -2.24. The maximum absolute atomic E-state index is 12.8. The van der Waals surface area contributed by atoms with Crippen LogP contribution >= 0.6 is 0 Å². The summed E-state index contributed by atoms with van der Waals surface area (Å²) < 4.78 is 24.5. The molecule has 0 atom stereocenters. The van der Waals surface area contributed by atoms with E-state index in [4.69, 9.17) is 23.9 Å². The highest BCUT2D eigenvalue weighted by Crippen LogP contribution is 2.38. The number of carbonyl (C=O) groups excluding carboxylic acids is 1. The van der Waals surface area contributed by atoms with Gasteiger partial charge in [0.15, 0.2) is 11.5 Å². The maximum atomic E-state index is 12.8. The molecule has 0 spiro atoms. The number of hydrogen-bond acceptors (Lipinski definition) is 6. The fraction of sp³-hybridized carbons (Fsp3) is 0.371. The standard InChI is InChI=1S/C35H43N3O5/c1-5-15-26-16-8-11-19-30(26)43-23-14-13-22-38-29-18-10-9-17-28(29)37-33(38)20-7-6-12-21-36-35(39)27-24-31(40-2)34(42-4)32(25-27)41-3/h5,8-11,16-19,24-25H,1,6-7,12-15,20-23H2,2-4H3,(H,36,39). The minimum atomic E-state index is -0.172. The van der Waals surface area contributed by atoms with Crippen LogP contribution in [0.5, 0.6) is 23.0 Å². The first-order chi connectivity index (χ1) is 21.1. The molecule has 3 aromatic carbocycles. The van der Waals surface area contributed by atoms with E-state index in [2.05, 4.69) is 40.7 Å². The van der Waals surface area contributed by atoms with Crippen molar-refractivity contribution in [3.8, 4) is 23.0 Å². The van der Waals surface area contributed by atoms with Gasteiger partial charge in [0.1, 0.15) is 11.6 Å². The van der Waals surface area contributed by atoms with Crippen LogP contribution in [0.15, 0.2) is 73.3 Å². The first kappa shape index (κ1) is 31.5. The normalized spacial score (nSPS) is 10.9. The number of allylic oxidation sites excluding steroid dienone is 1. The minimum Gasteiger partial charge on any atom is -0.493 e. The van der Waals surface area contributed by atoms with Gasteiger partial charge < -0.3 is 28.8 Å².